The third kappa shape index (κ3) is 2.51. The lowest BCUT2D eigenvalue weighted by Crippen LogP contribution is -1.95. The van der Waals surface area contributed by atoms with E-state index in [2.05, 4.69) is 20.9 Å². The molecular formula is C7H4BrCl2F2N. The highest BCUT2D eigenvalue weighted by Crippen LogP contribution is 2.29. The van der Waals surface area contributed by atoms with Gasteiger partial charge in [0.25, 0.3) is 6.43 Å². The van der Waals surface area contributed by atoms with Crippen molar-refractivity contribution in [3.63, 3.8) is 0 Å². The lowest BCUT2D eigenvalue weighted by atomic mass is 10.3. The van der Waals surface area contributed by atoms with E-state index in [4.69, 9.17) is 23.2 Å². The molecule has 1 rings (SSSR count). The first-order valence-corrected chi connectivity index (χ1v) is 5.13. The molecule has 0 atom stereocenters. The lowest BCUT2D eigenvalue weighted by Gasteiger charge is -2.05. The summed E-state index contributed by atoms with van der Waals surface area (Å²) in [4.78, 5) is 3.50. The van der Waals surface area contributed by atoms with Gasteiger partial charge in [-0.3, -0.25) is 0 Å². The van der Waals surface area contributed by atoms with E-state index in [9.17, 15) is 8.78 Å². The summed E-state index contributed by atoms with van der Waals surface area (Å²) in [6.45, 7) is 0. The van der Waals surface area contributed by atoms with Crippen molar-refractivity contribution < 1.29 is 8.78 Å². The maximum atomic E-state index is 12.2. The summed E-state index contributed by atoms with van der Waals surface area (Å²) < 4.78 is 24.5. The van der Waals surface area contributed by atoms with Crippen LogP contribution in [0, 0.1) is 0 Å². The highest BCUT2D eigenvalue weighted by molar-refractivity contribution is 9.08. The first kappa shape index (κ1) is 11.1. The molecule has 0 aliphatic carbocycles. The zero-order valence-electron chi connectivity index (χ0n) is 6.20. The SMILES string of the molecule is FC(F)c1nc(Cl)c(CBr)cc1Cl. The van der Waals surface area contributed by atoms with Crippen molar-refractivity contribution in [3.05, 3.63) is 27.5 Å². The Bertz CT molecular complexity index is 320. The molecule has 1 aromatic rings. The zero-order chi connectivity index (χ0) is 10.0. The Labute approximate surface area is 92.2 Å². The predicted molar refractivity (Wildman–Crippen MR) is 51.8 cm³/mol. The first-order valence-electron chi connectivity index (χ1n) is 3.25. The molecule has 1 nitrogen and oxygen atoms in total. The van der Waals surface area contributed by atoms with Crippen LogP contribution in [0.4, 0.5) is 8.78 Å². The third-order valence-corrected chi connectivity index (χ3v) is 2.61. The molecule has 0 aliphatic heterocycles. The average molecular weight is 291 g/mol. The van der Waals surface area contributed by atoms with Crippen molar-refractivity contribution in [2.24, 2.45) is 0 Å². The van der Waals surface area contributed by atoms with E-state index in [1.54, 1.807) is 0 Å². The number of nitrogens with zero attached hydrogens (tertiary/aromatic N) is 1. The highest BCUT2D eigenvalue weighted by Gasteiger charge is 2.16. The van der Waals surface area contributed by atoms with Gasteiger partial charge in [-0.15, -0.1) is 0 Å². The molecule has 0 radical (unpaired) electrons. The van der Waals surface area contributed by atoms with Gasteiger partial charge in [0.05, 0.1) is 5.02 Å². The van der Waals surface area contributed by atoms with Crippen LogP contribution < -0.4 is 0 Å². The second kappa shape index (κ2) is 4.53. The molecule has 0 N–H and O–H groups in total. The molecule has 1 heterocycles. The van der Waals surface area contributed by atoms with Crippen LogP contribution in [0.5, 0.6) is 0 Å². The Hall–Kier alpha value is 0.0700. The Kier molecular flexibility index (Phi) is 3.88. The Morgan fingerprint density at radius 3 is 2.54 bits per heavy atom. The fraction of sp³-hybridized carbons (Fsp3) is 0.286. The van der Waals surface area contributed by atoms with Gasteiger partial charge in [0.2, 0.25) is 0 Å². The van der Waals surface area contributed by atoms with Gasteiger partial charge in [0.1, 0.15) is 10.8 Å². The number of halogens is 5. The fourth-order valence-electron chi connectivity index (χ4n) is 0.764. The van der Waals surface area contributed by atoms with Crippen molar-refractivity contribution in [1.29, 1.82) is 0 Å². The molecule has 0 saturated carbocycles. The third-order valence-electron chi connectivity index (χ3n) is 1.38. The summed E-state index contributed by atoms with van der Waals surface area (Å²) in [6, 6.07) is 1.38. The van der Waals surface area contributed by atoms with E-state index < -0.39 is 12.1 Å². The van der Waals surface area contributed by atoms with E-state index in [-0.39, 0.29) is 10.2 Å². The van der Waals surface area contributed by atoms with E-state index in [0.717, 1.165) is 0 Å². The second-order valence-corrected chi connectivity index (χ2v) is 3.57. The van der Waals surface area contributed by atoms with Crippen molar-refractivity contribution in [2.45, 2.75) is 11.8 Å². The summed E-state index contributed by atoms with van der Waals surface area (Å²) in [5.41, 5.74) is 0.118. The van der Waals surface area contributed by atoms with Gasteiger partial charge >= 0.3 is 0 Å². The standard InChI is InChI=1S/C7H4BrCl2F2N/c8-2-3-1-4(9)5(7(11)12)13-6(3)10/h1,7H,2H2. The smallest absolute Gasteiger partial charge is 0.233 e. The van der Waals surface area contributed by atoms with Crippen LogP contribution in [0.25, 0.3) is 0 Å². The van der Waals surface area contributed by atoms with E-state index >= 15 is 0 Å². The van der Waals surface area contributed by atoms with Gasteiger partial charge in [-0.25, -0.2) is 13.8 Å². The molecule has 13 heavy (non-hydrogen) atoms. The van der Waals surface area contributed by atoms with E-state index in [0.29, 0.717) is 10.9 Å². The van der Waals surface area contributed by atoms with Crippen LogP contribution in [0.3, 0.4) is 0 Å². The lowest BCUT2D eigenvalue weighted by molar-refractivity contribution is 0.146. The summed E-state index contributed by atoms with van der Waals surface area (Å²) in [5, 5.41) is 0.424. The molecule has 0 amide bonds. The summed E-state index contributed by atoms with van der Waals surface area (Å²) in [7, 11) is 0. The largest absolute Gasteiger partial charge is 0.281 e. The molecule has 72 valence electrons. The highest BCUT2D eigenvalue weighted by atomic mass is 79.9. The Morgan fingerprint density at radius 1 is 1.46 bits per heavy atom. The van der Waals surface area contributed by atoms with Crippen molar-refractivity contribution in [2.75, 3.05) is 0 Å². The number of aromatic nitrogens is 1. The van der Waals surface area contributed by atoms with Crippen molar-refractivity contribution in [3.8, 4) is 0 Å². The molecule has 6 heteroatoms. The topological polar surface area (TPSA) is 12.9 Å². The number of hydrogen-bond acceptors (Lipinski definition) is 1. The molecule has 0 spiro atoms. The minimum absolute atomic E-state index is 0.0524. The fourth-order valence-corrected chi connectivity index (χ4v) is 1.82. The van der Waals surface area contributed by atoms with Gasteiger partial charge in [-0.1, -0.05) is 39.1 Å². The van der Waals surface area contributed by atoms with Crippen molar-refractivity contribution in [1.82, 2.24) is 4.98 Å². The number of alkyl halides is 3. The number of rotatable bonds is 2. The van der Waals surface area contributed by atoms with Crippen LogP contribution in [0.15, 0.2) is 6.07 Å². The van der Waals surface area contributed by atoms with E-state index in [1.165, 1.54) is 6.07 Å². The normalized spacial score (nSPS) is 10.9. The number of pyridine rings is 1. The maximum absolute atomic E-state index is 12.2. The Balaban J connectivity index is 3.20. The van der Waals surface area contributed by atoms with Gasteiger partial charge < -0.3 is 0 Å². The molecule has 0 aliphatic rings. The minimum Gasteiger partial charge on any atom is -0.233 e. The first-order chi connectivity index (χ1) is 6.06. The monoisotopic (exact) mass is 289 g/mol. The van der Waals surface area contributed by atoms with Crippen LogP contribution in [0.1, 0.15) is 17.7 Å². The quantitative estimate of drug-likeness (QED) is 0.587. The maximum Gasteiger partial charge on any atom is 0.281 e. The molecule has 0 aromatic carbocycles. The van der Waals surface area contributed by atoms with Crippen molar-refractivity contribution >= 4 is 39.1 Å². The van der Waals surface area contributed by atoms with Gasteiger partial charge in [0.15, 0.2) is 0 Å². The number of hydrogen-bond donors (Lipinski definition) is 0. The van der Waals surface area contributed by atoms with Crippen LogP contribution in [-0.2, 0) is 5.33 Å². The summed E-state index contributed by atoms with van der Waals surface area (Å²) in [5.74, 6) is 0. The van der Waals surface area contributed by atoms with Crippen LogP contribution in [-0.4, -0.2) is 4.98 Å². The average Bonchev–Trinajstić information content (AvgIpc) is 2.07. The van der Waals surface area contributed by atoms with Gasteiger partial charge in [-0.05, 0) is 6.07 Å². The zero-order valence-corrected chi connectivity index (χ0v) is 9.30. The predicted octanol–water partition coefficient (Wildman–Crippen LogP) is 4.22. The molecular weight excluding hydrogens is 287 g/mol. The Morgan fingerprint density at radius 2 is 2.08 bits per heavy atom. The molecule has 0 saturated heterocycles. The van der Waals surface area contributed by atoms with E-state index in [1.807, 2.05) is 0 Å². The summed E-state index contributed by atoms with van der Waals surface area (Å²) in [6.07, 6.45) is -2.70. The minimum atomic E-state index is -2.70. The molecule has 0 unspecified atom stereocenters. The van der Waals surface area contributed by atoms with Crippen LogP contribution in [0.2, 0.25) is 10.2 Å². The molecule has 0 bridgehead atoms. The van der Waals surface area contributed by atoms with Gasteiger partial charge in [-0.2, -0.15) is 0 Å². The molecule has 1 aromatic heterocycles. The summed E-state index contributed by atoms with van der Waals surface area (Å²) >= 11 is 14.3. The van der Waals surface area contributed by atoms with Crippen LogP contribution >= 0.6 is 39.1 Å². The molecule has 0 fully saturated rings. The van der Waals surface area contributed by atoms with Gasteiger partial charge in [0, 0.05) is 10.9 Å². The second-order valence-electron chi connectivity index (χ2n) is 2.24.